The monoisotopic (exact) mass is 377 g/mol. The van der Waals surface area contributed by atoms with Crippen molar-refractivity contribution in [1.82, 2.24) is 4.98 Å². The third-order valence-electron chi connectivity index (χ3n) is 5.14. The number of aliphatic hydroxyl groups excluding tert-OH is 1. The molecule has 0 saturated carbocycles. The molecule has 0 saturated heterocycles. The normalized spacial score (nSPS) is 12.2. The quantitative estimate of drug-likeness (QED) is 0.383. The lowest BCUT2D eigenvalue weighted by Crippen LogP contribution is -2.00. The number of benzene rings is 2. The Morgan fingerprint density at radius 2 is 1.61 bits per heavy atom. The van der Waals surface area contributed by atoms with E-state index < -0.39 is 0 Å². The average molecular weight is 378 g/mol. The van der Waals surface area contributed by atoms with Gasteiger partial charge in [-0.15, -0.1) is 0 Å². The highest BCUT2D eigenvalue weighted by atomic mass is 16.5. The highest BCUT2D eigenvalue weighted by Gasteiger charge is 2.08. The summed E-state index contributed by atoms with van der Waals surface area (Å²) in [5.41, 5.74) is 2.85. The molecule has 3 heteroatoms. The van der Waals surface area contributed by atoms with E-state index in [9.17, 15) is 5.11 Å². The number of aliphatic hydroxyl groups is 1. The number of hydrogen-bond acceptors (Lipinski definition) is 3. The first kappa shape index (κ1) is 20.3. The van der Waals surface area contributed by atoms with Crippen LogP contribution in [0.1, 0.15) is 69.2 Å². The molecule has 0 aliphatic rings. The van der Waals surface area contributed by atoms with Gasteiger partial charge in [0.1, 0.15) is 12.4 Å². The van der Waals surface area contributed by atoms with Crippen LogP contribution in [0, 0.1) is 0 Å². The predicted octanol–water partition coefficient (Wildman–Crippen LogP) is 6.60. The lowest BCUT2D eigenvalue weighted by atomic mass is 10.0. The van der Waals surface area contributed by atoms with E-state index in [0.29, 0.717) is 6.61 Å². The summed E-state index contributed by atoms with van der Waals surface area (Å²) in [6.07, 6.45) is 7.90. The highest BCUT2D eigenvalue weighted by Crippen LogP contribution is 2.23. The largest absolute Gasteiger partial charge is 0.487 e. The Morgan fingerprint density at radius 3 is 2.43 bits per heavy atom. The van der Waals surface area contributed by atoms with Crippen molar-refractivity contribution in [3.63, 3.8) is 0 Å². The highest BCUT2D eigenvalue weighted by molar-refractivity contribution is 5.78. The number of hydrogen-bond donors (Lipinski definition) is 1. The minimum atomic E-state index is -0.387. The molecule has 0 aliphatic carbocycles. The molecule has 0 radical (unpaired) electrons. The molecule has 1 heterocycles. The Hall–Kier alpha value is -2.39. The van der Waals surface area contributed by atoms with Crippen molar-refractivity contribution in [3.05, 3.63) is 71.9 Å². The maximum atomic E-state index is 10.4. The van der Waals surface area contributed by atoms with Crippen LogP contribution in [0.2, 0.25) is 0 Å². The fourth-order valence-corrected chi connectivity index (χ4v) is 3.42. The molecular weight excluding hydrogens is 346 g/mol. The molecule has 148 valence electrons. The average Bonchev–Trinajstić information content (AvgIpc) is 2.75. The zero-order valence-corrected chi connectivity index (χ0v) is 16.8. The smallest absolute Gasteiger partial charge is 0.130 e. The Morgan fingerprint density at radius 1 is 0.857 bits per heavy atom. The van der Waals surface area contributed by atoms with Gasteiger partial charge in [-0.3, -0.25) is 0 Å². The third kappa shape index (κ3) is 6.07. The van der Waals surface area contributed by atoms with Crippen LogP contribution in [0.15, 0.2) is 60.7 Å². The number of fused-ring (bicyclic) bond motifs is 1. The van der Waals surface area contributed by atoms with Gasteiger partial charge in [-0.05, 0) is 36.2 Å². The number of ether oxygens (including phenoxy) is 1. The van der Waals surface area contributed by atoms with Crippen molar-refractivity contribution < 1.29 is 9.84 Å². The van der Waals surface area contributed by atoms with Crippen LogP contribution in [0.4, 0.5) is 0 Å². The topological polar surface area (TPSA) is 42.4 Å². The lowest BCUT2D eigenvalue weighted by Gasteiger charge is -2.12. The van der Waals surface area contributed by atoms with Gasteiger partial charge >= 0.3 is 0 Å². The van der Waals surface area contributed by atoms with Crippen LogP contribution in [0.25, 0.3) is 10.9 Å². The van der Waals surface area contributed by atoms with Crippen LogP contribution < -0.4 is 4.74 Å². The fourth-order valence-electron chi connectivity index (χ4n) is 3.42. The summed E-state index contributed by atoms with van der Waals surface area (Å²) >= 11 is 0. The first-order valence-electron chi connectivity index (χ1n) is 10.5. The van der Waals surface area contributed by atoms with Gasteiger partial charge in [0.05, 0.1) is 17.3 Å². The zero-order chi connectivity index (χ0) is 19.6. The molecule has 0 bridgehead atoms. The van der Waals surface area contributed by atoms with Crippen LogP contribution in [0.3, 0.4) is 0 Å². The van der Waals surface area contributed by atoms with Crippen molar-refractivity contribution in [1.29, 1.82) is 0 Å². The van der Waals surface area contributed by atoms with E-state index in [0.717, 1.165) is 40.8 Å². The van der Waals surface area contributed by atoms with Gasteiger partial charge in [-0.1, -0.05) is 81.8 Å². The number of pyridine rings is 1. The van der Waals surface area contributed by atoms with E-state index >= 15 is 0 Å². The molecule has 3 nitrogen and oxygen atoms in total. The van der Waals surface area contributed by atoms with Gasteiger partial charge in [0.2, 0.25) is 0 Å². The second-order valence-corrected chi connectivity index (χ2v) is 7.43. The second-order valence-electron chi connectivity index (χ2n) is 7.43. The predicted molar refractivity (Wildman–Crippen MR) is 115 cm³/mol. The molecule has 0 amide bonds. The van der Waals surface area contributed by atoms with Gasteiger partial charge in [0.25, 0.3) is 0 Å². The van der Waals surface area contributed by atoms with Gasteiger partial charge < -0.3 is 9.84 Å². The van der Waals surface area contributed by atoms with Gasteiger partial charge in [-0.2, -0.15) is 0 Å². The second kappa shape index (κ2) is 10.8. The molecule has 3 aromatic rings. The summed E-state index contributed by atoms with van der Waals surface area (Å²) in [4.78, 5) is 4.63. The lowest BCUT2D eigenvalue weighted by molar-refractivity contribution is 0.163. The first-order valence-corrected chi connectivity index (χ1v) is 10.5. The maximum absolute atomic E-state index is 10.4. The molecule has 0 spiro atoms. The van der Waals surface area contributed by atoms with Gasteiger partial charge in [0, 0.05) is 5.39 Å². The molecule has 0 aliphatic heterocycles. The van der Waals surface area contributed by atoms with E-state index in [2.05, 4.69) is 24.0 Å². The molecule has 1 unspecified atom stereocenters. The van der Waals surface area contributed by atoms with Crippen LogP contribution in [0.5, 0.6) is 5.75 Å². The molecule has 2 aromatic carbocycles. The van der Waals surface area contributed by atoms with E-state index in [4.69, 9.17) is 4.74 Å². The molecule has 1 aromatic heterocycles. The Labute approximate surface area is 168 Å². The summed E-state index contributed by atoms with van der Waals surface area (Å²) in [5, 5.41) is 11.5. The van der Waals surface area contributed by atoms with Gasteiger partial charge in [-0.25, -0.2) is 4.98 Å². The fraction of sp³-hybridized carbons (Fsp3) is 0.400. The number of nitrogens with zero attached hydrogens (tertiary/aromatic N) is 1. The van der Waals surface area contributed by atoms with Crippen molar-refractivity contribution in [2.45, 2.75) is 64.6 Å². The Balaban J connectivity index is 1.45. The van der Waals surface area contributed by atoms with Gasteiger partial charge in [0.15, 0.2) is 0 Å². The number of unbranched alkanes of at least 4 members (excludes halogenated alkanes) is 5. The van der Waals surface area contributed by atoms with E-state index in [1.54, 1.807) is 0 Å². The first-order chi connectivity index (χ1) is 13.8. The zero-order valence-electron chi connectivity index (χ0n) is 16.8. The minimum Gasteiger partial charge on any atom is -0.487 e. The Kier molecular flexibility index (Phi) is 7.86. The van der Waals surface area contributed by atoms with E-state index in [1.165, 1.54) is 32.1 Å². The molecule has 1 N–H and O–H groups in total. The standard InChI is InChI=1S/C25H31NO2/c1-2-3-4-5-6-7-12-25(27)21-14-17-23(18-15-21)28-19-22-16-13-20-10-8-9-11-24(20)26-22/h8-11,13-18,25,27H,2-7,12,19H2,1H3. The van der Waals surface area contributed by atoms with Crippen molar-refractivity contribution in [3.8, 4) is 5.75 Å². The van der Waals surface area contributed by atoms with Crippen molar-refractivity contribution in [2.75, 3.05) is 0 Å². The van der Waals surface area contributed by atoms with Crippen LogP contribution >= 0.6 is 0 Å². The molecule has 3 rings (SSSR count). The summed E-state index contributed by atoms with van der Waals surface area (Å²) in [5.74, 6) is 0.797. The molecule has 0 fully saturated rings. The number of rotatable bonds is 11. The Bertz CT molecular complexity index is 845. The number of para-hydroxylation sites is 1. The summed E-state index contributed by atoms with van der Waals surface area (Å²) in [6.45, 7) is 2.67. The maximum Gasteiger partial charge on any atom is 0.130 e. The van der Waals surface area contributed by atoms with E-state index in [-0.39, 0.29) is 6.10 Å². The summed E-state index contributed by atoms with van der Waals surface area (Å²) in [6, 6.07) is 19.9. The summed E-state index contributed by atoms with van der Waals surface area (Å²) < 4.78 is 5.87. The van der Waals surface area contributed by atoms with Crippen molar-refractivity contribution in [2.24, 2.45) is 0 Å². The molecular formula is C25H31NO2. The molecule has 1 atom stereocenters. The minimum absolute atomic E-state index is 0.387. The van der Waals surface area contributed by atoms with Crippen LogP contribution in [-0.4, -0.2) is 10.1 Å². The summed E-state index contributed by atoms with van der Waals surface area (Å²) in [7, 11) is 0. The SMILES string of the molecule is CCCCCCCCC(O)c1ccc(OCc2ccc3ccccc3n2)cc1. The number of aromatic nitrogens is 1. The molecule has 28 heavy (non-hydrogen) atoms. The van der Waals surface area contributed by atoms with Crippen LogP contribution in [-0.2, 0) is 6.61 Å². The third-order valence-corrected chi connectivity index (χ3v) is 5.14. The van der Waals surface area contributed by atoms with Crippen molar-refractivity contribution >= 4 is 10.9 Å². The van der Waals surface area contributed by atoms with E-state index in [1.807, 2.05) is 48.5 Å².